The zero-order valence-corrected chi connectivity index (χ0v) is 9.44. The van der Waals surface area contributed by atoms with Crippen molar-refractivity contribution in [2.45, 2.75) is 0 Å². The van der Waals surface area contributed by atoms with Crippen molar-refractivity contribution in [3.05, 3.63) is 35.1 Å². The molecule has 0 spiro atoms. The molecule has 2 aromatic rings. The van der Waals surface area contributed by atoms with Gasteiger partial charge in [-0.3, -0.25) is 0 Å². The van der Waals surface area contributed by atoms with Gasteiger partial charge in [0.25, 0.3) is 0 Å². The number of nitrogens with zero attached hydrogens (tertiary/aromatic N) is 1. The summed E-state index contributed by atoms with van der Waals surface area (Å²) in [5, 5.41) is 3.02. The standard InChI is InChI=1S/C10H9BrFN3/c1-6(11)5-13-10-14-8-3-2-7(12)4-9(8)15-10/h2-4H,1,5H2,(H2,13,14,15). The number of aromatic amines is 1. The van der Waals surface area contributed by atoms with Crippen LogP contribution in [0.2, 0.25) is 0 Å². The van der Waals surface area contributed by atoms with Gasteiger partial charge in [-0.05, 0) is 18.2 Å². The van der Waals surface area contributed by atoms with Crippen LogP contribution >= 0.6 is 15.9 Å². The number of rotatable bonds is 3. The highest BCUT2D eigenvalue weighted by molar-refractivity contribution is 9.11. The summed E-state index contributed by atoms with van der Waals surface area (Å²) in [7, 11) is 0. The summed E-state index contributed by atoms with van der Waals surface area (Å²) < 4.78 is 13.7. The number of hydrogen-bond donors (Lipinski definition) is 2. The second kappa shape index (κ2) is 4.02. The zero-order valence-electron chi connectivity index (χ0n) is 7.85. The van der Waals surface area contributed by atoms with Crippen LogP contribution in [0.25, 0.3) is 11.0 Å². The van der Waals surface area contributed by atoms with E-state index in [1.165, 1.54) is 12.1 Å². The second-order valence-corrected chi connectivity index (χ2v) is 4.24. The van der Waals surface area contributed by atoms with E-state index in [2.05, 4.69) is 37.8 Å². The summed E-state index contributed by atoms with van der Waals surface area (Å²) in [5.41, 5.74) is 1.41. The first kappa shape index (κ1) is 10.2. The number of benzene rings is 1. The van der Waals surface area contributed by atoms with Gasteiger partial charge in [-0.1, -0.05) is 22.5 Å². The molecule has 1 heterocycles. The Labute approximate surface area is 94.5 Å². The van der Waals surface area contributed by atoms with E-state index in [1.807, 2.05) is 0 Å². The minimum Gasteiger partial charge on any atom is -0.351 e. The Morgan fingerprint density at radius 2 is 2.40 bits per heavy atom. The summed E-state index contributed by atoms with van der Waals surface area (Å²) in [4.78, 5) is 7.20. The molecule has 0 unspecified atom stereocenters. The maximum absolute atomic E-state index is 12.9. The molecule has 0 saturated heterocycles. The lowest BCUT2D eigenvalue weighted by Gasteiger charge is -1.98. The van der Waals surface area contributed by atoms with Crippen LogP contribution in [0.5, 0.6) is 0 Å². The van der Waals surface area contributed by atoms with E-state index in [0.29, 0.717) is 18.0 Å². The van der Waals surface area contributed by atoms with Gasteiger partial charge in [-0.2, -0.15) is 0 Å². The molecule has 1 aromatic carbocycles. The lowest BCUT2D eigenvalue weighted by atomic mass is 10.3. The molecule has 0 saturated carbocycles. The van der Waals surface area contributed by atoms with Crippen LogP contribution < -0.4 is 5.32 Å². The molecule has 0 bridgehead atoms. The van der Waals surface area contributed by atoms with Gasteiger partial charge < -0.3 is 10.3 Å². The highest BCUT2D eigenvalue weighted by Gasteiger charge is 2.02. The molecule has 78 valence electrons. The maximum atomic E-state index is 12.9. The lowest BCUT2D eigenvalue weighted by molar-refractivity contribution is 0.629. The zero-order chi connectivity index (χ0) is 10.8. The Hall–Kier alpha value is -1.36. The van der Waals surface area contributed by atoms with Gasteiger partial charge in [0.2, 0.25) is 5.95 Å². The first-order valence-corrected chi connectivity index (χ1v) is 5.17. The molecule has 5 heteroatoms. The summed E-state index contributed by atoms with van der Waals surface area (Å²) >= 11 is 3.23. The molecule has 2 rings (SSSR count). The van der Waals surface area contributed by atoms with E-state index >= 15 is 0 Å². The van der Waals surface area contributed by atoms with Crippen molar-refractivity contribution in [3.8, 4) is 0 Å². The molecular formula is C10H9BrFN3. The normalized spacial score (nSPS) is 10.5. The average Bonchev–Trinajstić information content (AvgIpc) is 2.56. The number of aromatic nitrogens is 2. The Bertz CT molecular complexity index is 506. The fourth-order valence-corrected chi connectivity index (χ4v) is 1.39. The van der Waals surface area contributed by atoms with E-state index in [1.54, 1.807) is 6.07 Å². The van der Waals surface area contributed by atoms with E-state index in [4.69, 9.17) is 0 Å². The summed E-state index contributed by atoms with van der Waals surface area (Å²) in [6.45, 7) is 4.26. The number of fused-ring (bicyclic) bond motifs is 1. The van der Waals surface area contributed by atoms with Crippen molar-refractivity contribution in [3.63, 3.8) is 0 Å². The highest BCUT2D eigenvalue weighted by Crippen LogP contribution is 2.15. The van der Waals surface area contributed by atoms with Crippen molar-refractivity contribution in [1.82, 2.24) is 9.97 Å². The number of hydrogen-bond acceptors (Lipinski definition) is 2. The second-order valence-electron chi connectivity index (χ2n) is 3.12. The number of anilines is 1. The van der Waals surface area contributed by atoms with Crippen LogP contribution in [0.3, 0.4) is 0 Å². The molecule has 0 radical (unpaired) electrons. The van der Waals surface area contributed by atoms with Gasteiger partial charge in [0.05, 0.1) is 11.0 Å². The molecule has 2 N–H and O–H groups in total. The summed E-state index contributed by atoms with van der Waals surface area (Å²) in [5.74, 6) is 0.332. The molecular weight excluding hydrogens is 261 g/mol. The van der Waals surface area contributed by atoms with Gasteiger partial charge in [0.1, 0.15) is 5.82 Å². The Morgan fingerprint density at radius 3 is 3.13 bits per heavy atom. The fourth-order valence-electron chi connectivity index (χ4n) is 1.25. The molecule has 0 aliphatic carbocycles. The van der Waals surface area contributed by atoms with Crippen molar-refractivity contribution in [2.75, 3.05) is 11.9 Å². The van der Waals surface area contributed by atoms with Crippen LogP contribution in [0.4, 0.5) is 10.3 Å². The number of halogens is 2. The number of nitrogens with one attached hydrogen (secondary N) is 2. The van der Waals surface area contributed by atoms with Crippen molar-refractivity contribution in [1.29, 1.82) is 0 Å². The van der Waals surface area contributed by atoms with Crippen LogP contribution in [-0.2, 0) is 0 Å². The number of imidazole rings is 1. The SMILES string of the molecule is C=C(Br)CNc1nc2ccc(F)cc2[nH]1. The van der Waals surface area contributed by atoms with Crippen LogP contribution in [0, 0.1) is 5.82 Å². The predicted molar refractivity (Wildman–Crippen MR) is 62.6 cm³/mol. The predicted octanol–water partition coefficient (Wildman–Crippen LogP) is 3.02. The van der Waals surface area contributed by atoms with Crippen LogP contribution in [0.15, 0.2) is 29.3 Å². The Morgan fingerprint density at radius 1 is 1.60 bits per heavy atom. The third kappa shape index (κ3) is 2.36. The van der Waals surface area contributed by atoms with E-state index in [9.17, 15) is 4.39 Å². The van der Waals surface area contributed by atoms with E-state index in [-0.39, 0.29) is 5.82 Å². The van der Waals surface area contributed by atoms with Gasteiger partial charge in [-0.25, -0.2) is 9.37 Å². The molecule has 1 aromatic heterocycles. The lowest BCUT2D eigenvalue weighted by Crippen LogP contribution is -2.01. The van der Waals surface area contributed by atoms with Gasteiger partial charge >= 0.3 is 0 Å². The quantitative estimate of drug-likeness (QED) is 0.900. The van der Waals surface area contributed by atoms with Crippen LogP contribution in [0.1, 0.15) is 0 Å². The smallest absolute Gasteiger partial charge is 0.201 e. The first-order chi connectivity index (χ1) is 7.15. The largest absolute Gasteiger partial charge is 0.351 e. The van der Waals surface area contributed by atoms with E-state index in [0.717, 1.165) is 10.00 Å². The fraction of sp³-hybridized carbons (Fsp3) is 0.100. The molecule has 0 atom stereocenters. The van der Waals surface area contributed by atoms with Crippen molar-refractivity contribution < 1.29 is 4.39 Å². The summed E-state index contributed by atoms with van der Waals surface area (Å²) in [6, 6.07) is 4.43. The third-order valence-electron chi connectivity index (χ3n) is 1.89. The van der Waals surface area contributed by atoms with Crippen LogP contribution in [-0.4, -0.2) is 16.5 Å². The molecule has 3 nitrogen and oxygen atoms in total. The Balaban J connectivity index is 2.27. The molecule has 0 aliphatic rings. The van der Waals surface area contributed by atoms with Crippen molar-refractivity contribution in [2.24, 2.45) is 0 Å². The Kier molecular flexibility index (Phi) is 2.73. The molecule has 0 aliphatic heterocycles. The molecule has 15 heavy (non-hydrogen) atoms. The van der Waals surface area contributed by atoms with Gasteiger partial charge in [0, 0.05) is 11.0 Å². The topological polar surface area (TPSA) is 40.7 Å². The van der Waals surface area contributed by atoms with Gasteiger partial charge in [-0.15, -0.1) is 0 Å². The number of H-pyrrole nitrogens is 1. The monoisotopic (exact) mass is 269 g/mol. The minimum absolute atomic E-state index is 0.275. The molecule has 0 fully saturated rings. The van der Waals surface area contributed by atoms with Gasteiger partial charge in [0.15, 0.2) is 0 Å². The van der Waals surface area contributed by atoms with Crippen molar-refractivity contribution >= 4 is 32.9 Å². The summed E-state index contributed by atoms with van der Waals surface area (Å²) in [6.07, 6.45) is 0. The maximum Gasteiger partial charge on any atom is 0.201 e. The first-order valence-electron chi connectivity index (χ1n) is 4.37. The molecule has 0 amide bonds. The average molecular weight is 270 g/mol. The highest BCUT2D eigenvalue weighted by atomic mass is 79.9. The van der Waals surface area contributed by atoms with E-state index < -0.39 is 0 Å². The third-order valence-corrected chi connectivity index (χ3v) is 2.17. The minimum atomic E-state index is -0.275.